The summed E-state index contributed by atoms with van der Waals surface area (Å²) in [5.41, 5.74) is 7.29. The molecule has 2 N–H and O–H groups in total. The second kappa shape index (κ2) is 9.29. The largest absolute Gasteiger partial charge is 0.416 e. The highest BCUT2D eigenvalue weighted by atomic mass is 35.5. The lowest BCUT2D eigenvalue weighted by Gasteiger charge is -2.34. The molecule has 4 rings (SSSR count). The summed E-state index contributed by atoms with van der Waals surface area (Å²) in [6.45, 7) is 1.58. The van der Waals surface area contributed by atoms with Gasteiger partial charge in [-0.1, -0.05) is 41.9 Å². The molecule has 0 aliphatic carbocycles. The Morgan fingerprint density at radius 1 is 1.11 bits per heavy atom. The minimum atomic E-state index is -4.69. The molecule has 1 heterocycles. The summed E-state index contributed by atoms with van der Waals surface area (Å²) < 4.78 is 81.8. The van der Waals surface area contributed by atoms with Crippen LogP contribution in [0, 0.1) is 5.82 Å². The van der Waals surface area contributed by atoms with E-state index in [9.17, 15) is 26.0 Å². The van der Waals surface area contributed by atoms with E-state index in [4.69, 9.17) is 17.3 Å². The Morgan fingerprint density at radius 2 is 1.83 bits per heavy atom. The summed E-state index contributed by atoms with van der Waals surface area (Å²) in [4.78, 5) is -0.484. The number of anilines is 1. The molecule has 3 aromatic carbocycles. The van der Waals surface area contributed by atoms with Gasteiger partial charge in [-0.2, -0.15) is 13.2 Å². The van der Waals surface area contributed by atoms with Crippen LogP contribution in [0.3, 0.4) is 0 Å². The van der Waals surface area contributed by atoms with Crippen molar-refractivity contribution < 1.29 is 26.0 Å². The van der Waals surface area contributed by atoms with Crippen LogP contribution in [0.4, 0.5) is 23.2 Å². The first-order valence-corrected chi connectivity index (χ1v) is 12.4. The monoisotopic (exact) mass is 524 g/mol. The van der Waals surface area contributed by atoms with Crippen molar-refractivity contribution in [2.45, 2.75) is 30.5 Å². The first-order chi connectivity index (χ1) is 16.4. The predicted molar refractivity (Wildman–Crippen MR) is 129 cm³/mol. The van der Waals surface area contributed by atoms with Gasteiger partial charge in [0.15, 0.2) is 0 Å². The molecule has 0 fully saturated rings. The van der Waals surface area contributed by atoms with Crippen LogP contribution in [0.15, 0.2) is 65.6 Å². The van der Waals surface area contributed by atoms with E-state index < -0.39 is 38.5 Å². The van der Waals surface area contributed by atoms with E-state index in [2.05, 4.69) is 0 Å². The molecule has 0 saturated carbocycles. The second-order valence-corrected chi connectivity index (χ2v) is 10.6. The number of nitrogens with zero attached hydrogens (tertiary/aromatic N) is 1. The number of sulfonamides is 1. The lowest BCUT2D eigenvalue weighted by molar-refractivity contribution is -0.137. The van der Waals surface area contributed by atoms with Crippen molar-refractivity contribution in [3.05, 3.63) is 93.8 Å². The summed E-state index contributed by atoms with van der Waals surface area (Å²) in [5.74, 6) is -0.496. The molecule has 3 aromatic rings. The molecule has 0 unspecified atom stereocenters. The van der Waals surface area contributed by atoms with Crippen molar-refractivity contribution in [3.63, 3.8) is 0 Å². The highest BCUT2D eigenvalue weighted by Gasteiger charge is 2.35. The minimum absolute atomic E-state index is 0.100. The molecular weight excluding hydrogens is 504 g/mol. The quantitative estimate of drug-likeness (QED) is 0.329. The Hall–Kier alpha value is -2.88. The summed E-state index contributed by atoms with van der Waals surface area (Å²) in [7, 11) is -4.35. The van der Waals surface area contributed by atoms with E-state index in [0.29, 0.717) is 34.9 Å². The Balaban J connectivity index is 1.79. The highest BCUT2D eigenvalue weighted by molar-refractivity contribution is 7.92. The molecule has 184 valence electrons. The Morgan fingerprint density at radius 3 is 2.51 bits per heavy atom. The fourth-order valence-electron chi connectivity index (χ4n) is 4.12. The van der Waals surface area contributed by atoms with E-state index in [1.807, 2.05) is 0 Å². The van der Waals surface area contributed by atoms with Crippen LogP contribution >= 0.6 is 11.6 Å². The zero-order valence-corrected chi connectivity index (χ0v) is 20.1. The SMILES string of the molecule is C/C(=C\c1ccc2c(c1)N(S(=O)(=O)c1cccc(C(F)(F)F)c1)C[C@@H](N)C2)c1c(F)cccc1Cl. The number of fused-ring (bicyclic) bond motifs is 1. The van der Waals surface area contributed by atoms with E-state index >= 15 is 0 Å². The van der Waals surface area contributed by atoms with Crippen molar-refractivity contribution in [1.29, 1.82) is 0 Å². The molecule has 0 radical (unpaired) electrons. The van der Waals surface area contributed by atoms with Crippen molar-refractivity contribution >= 4 is 39.0 Å². The number of hydrogen-bond acceptors (Lipinski definition) is 3. The summed E-state index contributed by atoms with van der Waals surface area (Å²) in [6, 6.07) is 12.5. The second-order valence-electron chi connectivity index (χ2n) is 8.34. The van der Waals surface area contributed by atoms with Crippen LogP contribution in [0.5, 0.6) is 0 Å². The fourth-order valence-corrected chi connectivity index (χ4v) is 6.03. The number of halogens is 5. The molecule has 0 bridgehead atoms. The number of hydrogen-bond donors (Lipinski definition) is 1. The molecule has 0 spiro atoms. The third-order valence-corrected chi connectivity index (χ3v) is 7.84. The maximum atomic E-state index is 14.3. The molecule has 1 aliphatic heterocycles. The van der Waals surface area contributed by atoms with Crippen LogP contribution in [-0.2, 0) is 22.6 Å². The average Bonchev–Trinajstić information content (AvgIpc) is 2.78. The number of rotatable bonds is 4. The topological polar surface area (TPSA) is 63.4 Å². The number of allylic oxidation sites excluding steroid dienone is 1. The zero-order chi connectivity index (χ0) is 25.5. The minimum Gasteiger partial charge on any atom is -0.326 e. The third kappa shape index (κ3) is 5.07. The average molecular weight is 525 g/mol. The number of nitrogens with two attached hydrogens (primary N) is 1. The summed E-state index contributed by atoms with van der Waals surface area (Å²) in [5, 5.41) is 0.233. The van der Waals surface area contributed by atoms with Gasteiger partial charge in [-0.3, -0.25) is 4.31 Å². The van der Waals surface area contributed by atoms with E-state index in [0.717, 1.165) is 22.5 Å². The maximum absolute atomic E-state index is 14.3. The van der Waals surface area contributed by atoms with Crippen molar-refractivity contribution in [2.75, 3.05) is 10.8 Å². The molecule has 4 nitrogen and oxygen atoms in total. The van der Waals surface area contributed by atoms with Crippen LogP contribution in [-0.4, -0.2) is 21.0 Å². The normalized spacial score (nSPS) is 16.8. The number of benzene rings is 3. The molecule has 0 aromatic heterocycles. The third-order valence-electron chi connectivity index (χ3n) is 5.75. The lowest BCUT2D eigenvalue weighted by atomic mass is 9.97. The van der Waals surface area contributed by atoms with Crippen LogP contribution in [0.2, 0.25) is 5.02 Å². The standard InChI is InChI=1S/C25H21ClF4N2O2S/c1-15(24-21(26)6-3-7-22(24)27)10-16-8-9-17-12-19(31)14-32(23(17)11-16)35(33,34)20-5-2-4-18(13-20)25(28,29)30/h2-11,13,19H,12,14,31H2,1H3/b15-10+/t19-/m0/s1. The van der Waals surface area contributed by atoms with Gasteiger partial charge in [0.25, 0.3) is 10.0 Å². The van der Waals surface area contributed by atoms with Gasteiger partial charge in [0.2, 0.25) is 0 Å². The fraction of sp³-hybridized carbons (Fsp3) is 0.200. The van der Waals surface area contributed by atoms with Gasteiger partial charge in [0, 0.05) is 18.2 Å². The molecule has 10 heteroatoms. The lowest BCUT2D eigenvalue weighted by Crippen LogP contribution is -2.46. The van der Waals surface area contributed by atoms with Crippen molar-refractivity contribution in [1.82, 2.24) is 0 Å². The van der Waals surface area contributed by atoms with Gasteiger partial charge < -0.3 is 5.73 Å². The van der Waals surface area contributed by atoms with Gasteiger partial charge in [-0.05, 0) is 66.4 Å². The molecule has 35 heavy (non-hydrogen) atoms. The molecule has 0 amide bonds. The van der Waals surface area contributed by atoms with E-state index in [1.54, 1.807) is 37.3 Å². The van der Waals surface area contributed by atoms with Crippen LogP contribution < -0.4 is 10.0 Å². The van der Waals surface area contributed by atoms with E-state index in [1.165, 1.54) is 12.1 Å². The Kier molecular flexibility index (Phi) is 6.70. The zero-order valence-electron chi connectivity index (χ0n) is 18.5. The Bertz CT molecular complexity index is 1400. The van der Waals surface area contributed by atoms with Crippen molar-refractivity contribution in [3.8, 4) is 0 Å². The number of alkyl halides is 3. The van der Waals surface area contributed by atoms with Crippen molar-refractivity contribution in [2.24, 2.45) is 5.73 Å². The van der Waals surface area contributed by atoms with Gasteiger partial charge in [0.1, 0.15) is 5.82 Å². The molecular formula is C25H21ClF4N2O2S. The maximum Gasteiger partial charge on any atom is 0.416 e. The highest BCUT2D eigenvalue weighted by Crippen LogP contribution is 2.36. The van der Waals surface area contributed by atoms with Gasteiger partial charge in [-0.15, -0.1) is 0 Å². The van der Waals surface area contributed by atoms with Crippen LogP contribution in [0.25, 0.3) is 11.6 Å². The summed E-state index contributed by atoms with van der Waals surface area (Å²) in [6.07, 6.45) is -2.63. The van der Waals surface area contributed by atoms with Crippen LogP contribution in [0.1, 0.15) is 29.2 Å². The van der Waals surface area contributed by atoms with Gasteiger partial charge >= 0.3 is 6.18 Å². The molecule has 0 saturated heterocycles. The van der Waals surface area contributed by atoms with Gasteiger partial charge in [0.05, 0.1) is 21.2 Å². The first-order valence-electron chi connectivity index (χ1n) is 10.6. The van der Waals surface area contributed by atoms with E-state index in [-0.39, 0.29) is 17.1 Å². The Labute approximate surface area is 205 Å². The molecule has 1 atom stereocenters. The van der Waals surface area contributed by atoms with Gasteiger partial charge in [-0.25, -0.2) is 12.8 Å². The first kappa shape index (κ1) is 25.2. The molecule has 1 aliphatic rings. The predicted octanol–water partition coefficient (Wildman–Crippen LogP) is 6.14. The summed E-state index contributed by atoms with van der Waals surface area (Å²) >= 11 is 6.16. The smallest absolute Gasteiger partial charge is 0.326 e.